The van der Waals surface area contributed by atoms with Gasteiger partial charge in [-0.25, -0.2) is 4.79 Å². The molecule has 22 heavy (non-hydrogen) atoms. The lowest BCUT2D eigenvalue weighted by molar-refractivity contribution is -0.157. The van der Waals surface area contributed by atoms with Crippen LogP contribution in [0.15, 0.2) is 12.7 Å². The van der Waals surface area contributed by atoms with Crippen molar-refractivity contribution in [3.63, 3.8) is 0 Å². The Hall–Kier alpha value is -2.06. The molecule has 2 N–H and O–H groups in total. The number of carbonyl (C=O) groups excluding carboxylic acids is 2. The normalized spacial score (nSPS) is 19.9. The van der Waals surface area contributed by atoms with Gasteiger partial charge < -0.3 is 15.3 Å². The summed E-state index contributed by atoms with van der Waals surface area (Å²) in [5.41, 5.74) is 0. The smallest absolute Gasteiger partial charge is 0.406 e. The fraction of sp³-hybridized carbons (Fsp3) is 0.615. The monoisotopic (exact) mass is 322 g/mol. The summed E-state index contributed by atoms with van der Waals surface area (Å²) in [6, 6.07) is -1.16. The fourth-order valence-corrected chi connectivity index (χ4v) is 2.15. The van der Waals surface area contributed by atoms with Crippen LogP contribution in [0.5, 0.6) is 0 Å². The van der Waals surface area contributed by atoms with Gasteiger partial charge in [0.25, 0.3) is 0 Å². The number of nitrogens with zero attached hydrogens (tertiary/aromatic N) is 1. The van der Waals surface area contributed by atoms with Crippen LogP contribution in [0.3, 0.4) is 0 Å². The molecule has 0 aromatic heterocycles. The van der Waals surface area contributed by atoms with E-state index in [1.165, 1.54) is 6.08 Å². The fourth-order valence-electron chi connectivity index (χ4n) is 2.15. The minimum atomic E-state index is -4.53. The summed E-state index contributed by atoms with van der Waals surface area (Å²) in [5.74, 6) is -3.71. The van der Waals surface area contributed by atoms with Crippen LogP contribution in [0, 0.1) is 5.92 Å². The van der Waals surface area contributed by atoms with E-state index >= 15 is 0 Å². The number of carboxylic acids is 1. The second-order valence-electron chi connectivity index (χ2n) is 5.06. The van der Waals surface area contributed by atoms with Crippen LogP contribution >= 0.6 is 0 Å². The average Bonchev–Trinajstić information content (AvgIpc) is 2.73. The molecule has 1 aliphatic heterocycles. The first-order chi connectivity index (χ1) is 10.1. The van der Waals surface area contributed by atoms with Gasteiger partial charge >= 0.3 is 12.1 Å². The standard InChI is InChI=1S/C13H17F3N2O4/c1-2-3-4-9(12(21)22)17-11(20)8-5-10(19)18(6-8)7-13(14,15)16/h2,8-9H,1,3-7H2,(H,17,20)(H,21,22). The zero-order chi connectivity index (χ0) is 16.9. The molecule has 0 spiro atoms. The molecule has 1 rings (SSSR count). The van der Waals surface area contributed by atoms with E-state index in [9.17, 15) is 27.6 Å². The van der Waals surface area contributed by atoms with Gasteiger partial charge in [-0.15, -0.1) is 6.58 Å². The van der Waals surface area contributed by atoms with Gasteiger partial charge in [0.15, 0.2) is 0 Å². The van der Waals surface area contributed by atoms with Crippen molar-refractivity contribution >= 4 is 17.8 Å². The van der Waals surface area contributed by atoms with Crippen LogP contribution in [0.25, 0.3) is 0 Å². The number of likely N-dealkylation sites (tertiary alicyclic amines) is 1. The Balaban J connectivity index is 2.61. The van der Waals surface area contributed by atoms with E-state index in [0.717, 1.165) is 0 Å². The molecule has 0 saturated carbocycles. The van der Waals surface area contributed by atoms with Crippen molar-refractivity contribution in [2.24, 2.45) is 5.92 Å². The lowest BCUT2D eigenvalue weighted by Gasteiger charge is -2.19. The zero-order valence-electron chi connectivity index (χ0n) is 11.7. The second kappa shape index (κ2) is 7.28. The third kappa shape index (κ3) is 5.38. The van der Waals surface area contributed by atoms with E-state index in [0.29, 0.717) is 11.3 Å². The van der Waals surface area contributed by atoms with E-state index < -0.39 is 42.5 Å². The molecular formula is C13H17F3N2O4. The van der Waals surface area contributed by atoms with E-state index in [2.05, 4.69) is 11.9 Å². The average molecular weight is 322 g/mol. The molecule has 2 amide bonds. The summed E-state index contributed by atoms with van der Waals surface area (Å²) < 4.78 is 36.8. The molecule has 0 aromatic carbocycles. The van der Waals surface area contributed by atoms with Gasteiger partial charge in [0.05, 0.1) is 5.92 Å². The highest BCUT2D eigenvalue weighted by Crippen LogP contribution is 2.24. The number of aliphatic carboxylic acids is 1. The number of hydrogen-bond donors (Lipinski definition) is 2. The molecule has 6 nitrogen and oxygen atoms in total. The molecule has 9 heteroatoms. The van der Waals surface area contributed by atoms with Crippen LogP contribution in [-0.4, -0.2) is 53.1 Å². The summed E-state index contributed by atoms with van der Waals surface area (Å²) in [5, 5.41) is 11.2. The number of nitrogens with one attached hydrogen (secondary N) is 1. The lowest BCUT2D eigenvalue weighted by atomic mass is 10.1. The van der Waals surface area contributed by atoms with Crippen LogP contribution in [0.2, 0.25) is 0 Å². The van der Waals surface area contributed by atoms with E-state index in [1.807, 2.05) is 0 Å². The largest absolute Gasteiger partial charge is 0.480 e. The predicted molar refractivity (Wildman–Crippen MR) is 69.7 cm³/mol. The second-order valence-corrected chi connectivity index (χ2v) is 5.06. The van der Waals surface area contributed by atoms with Gasteiger partial charge in [-0.3, -0.25) is 9.59 Å². The Kier molecular flexibility index (Phi) is 5.95. The highest BCUT2D eigenvalue weighted by molar-refractivity contribution is 5.91. The minimum Gasteiger partial charge on any atom is -0.480 e. The van der Waals surface area contributed by atoms with Crippen LogP contribution < -0.4 is 5.32 Å². The number of amides is 2. The van der Waals surface area contributed by atoms with Crippen molar-refractivity contribution in [3.05, 3.63) is 12.7 Å². The summed E-state index contributed by atoms with van der Waals surface area (Å²) >= 11 is 0. The maximum absolute atomic E-state index is 12.3. The van der Waals surface area contributed by atoms with Crippen LogP contribution in [0.1, 0.15) is 19.3 Å². The van der Waals surface area contributed by atoms with Crippen LogP contribution in [-0.2, 0) is 14.4 Å². The molecule has 0 aromatic rings. The van der Waals surface area contributed by atoms with Crippen molar-refractivity contribution in [2.75, 3.05) is 13.1 Å². The Bertz CT molecular complexity index is 465. The topological polar surface area (TPSA) is 86.7 Å². The SMILES string of the molecule is C=CCCC(NC(=O)C1CC(=O)N(CC(F)(F)F)C1)C(=O)O. The Morgan fingerprint density at radius 3 is 2.64 bits per heavy atom. The van der Waals surface area contributed by atoms with E-state index in [1.54, 1.807) is 0 Å². The molecule has 0 bridgehead atoms. The molecule has 2 atom stereocenters. The van der Waals surface area contributed by atoms with Crippen molar-refractivity contribution < 1.29 is 32.7 Å². The van der Waals surface area contributed by atoms with Gasteiger partial charge in [-0.05, 0) is 12.8 Å². The molecule has 1 saturated heterocycles. The van der Waals surface area contributed by atoms with Gasteiger partial charge in [-0.1, -0.05) is 6.08 Å². The first-order valence-electron chi connectivity index (χ1n) is 6.62. The molecular weight excluding hydrogens is 305 g/mol. The molecule has 124 valence electrons. The summed E-state index contributed by atoms with van der Waals surface area (Å²) in [6.07, 6.45) is -2.91. The van der Waals surface area contributed by atoms with Gasteiger partial charge in [-0.2, -0.15) is 13.2 Å². The highest BCUT2D eigenvalue weighted by Gasteiger charge is 2.41. The van der Waals surface area contributed by atoms with Crippen molar-refractivity contribution in [3.8, 4) is 0 Å². The number of hydrogen-bond acceptors (Lipinski definition) is 3. The Labute approximate surface area is 125 Å². The number of halogens is 3. The first kappa shape index (κ1) is 18.0. The minimum absolute atomic E-state index is 0.123. The summed E-state index contributed by atoms with van der Waals surface area (Å²) in [7, 11) is 0. The number of carboxylic acid groups (broad SMARTS) is 1. The van der Waals surface area contributed by atoms with Gasteiger partial charge in [0.1, 0.15) is 12.6 Å². The van der Waals surface area contributed by atoms with Crippen molar-refractivity contribution in [1.82, 2.24) is 10.2 Å². The highest BCUT2D eigenvalue weighted by atomic mass is 19.4. The Morgan fingerprint density at radius 2 is 2.14 bits per heavy atom. The first-order valence-corrected chi connectivity index (χ1v) is 6.62. The number of rotatable bonds is 7. The van der Waals surface area contributed by atoms with E-state index in [4.69, 9.17) is 5.11 Å². The molecule has 0 radical (unpaired) electrons. The molecule has 1 aliphatic rings. The molecule has 2 unspecified atom stereocenters. The third-order valence-corrected chi connectivity index (χ3v) is 3.23. The summed E-state index contributed by atoms with van der Waals surface area (Å²) in [6.45, 7) is 1.67. The van der Waals surface area contributed by atoms with Gasteiger partial charge in [0, 0.05) is 13.0 Å². The molecule has 0 aliphatic carbocycles. The van der Waals surface area contributed by atoms with E-state index in [-0.39, 0.29) is 19.4 Å². The summed E-state index contributed by atoms with van der Waals surface area (Å²) in [4.78, 5) is 35.0. The number of allylic oxidation sites excluding steroid dienone is 1. The lowest BCUT2D eigenvalue weighted by Crippen LogP contribution is -2.44. The maximum atomic E-state index is 12.3. The zero-order valence-corrected chi connectivity index (χ0v) is 11.7. The van der Waals surface area contributed by atoms with Crippen molar-refractivity contribution in [2.45, 2.75) is 31.5 Å². The molecule has 1 fully saturated rings. The van der Waals surface area contributed by atoms with Crippen LogP contribution in [0.4, 0.5) is 13.2 Å². The number of alkyl halides is 3. The number of carbonyl (C=O) groups is 3. The van der Waals surface area contributed by atoms with Crippen molar-refractivity contribution in [1.29, 1.82) is 0 Å². The Morgan fingerprint density at radius 1 is 1.50 bits per heavy atom. The molecule has 1 heterocycles. The quantitative estimate of drug-likeness (QED) is 0.683. The maximum Gasteiger partial charge on any atom is 0.406 e. The predicted octanol–water partition coefficient (Wildman–Crippen LogP) is 0.933. The van der Waals surface area contributed by atoms with Gasteiger partial charge in [0.2, 0.25) is 11.8 Å². The third-order valence-electron chi connectivity index (χ3n) is 3.23.